The summed E-state index contributed by atoms with van der Waals surface area (Å²) >= 11 is 0. The van der Waals surface area contributed by atoms with Gasteiger partial charge in [0, 0.05) is 25.8 Å². The smallest absolute Gasteiger partial charge is 0.416 e. The molecule has 37 heavy (non-hydrogen) atoms. The molecule has 0 bridgehead atoms. The van der Waals surface area contributed by atoms with E-state index in [2.05, 4.69) is 0 Å². The molecule has 2 aliphatic heterocycles. The second-order valence-corrected chi connectivity index (χ2v) is 9.06. The molecule has 4 atom stereocenters. The Kier molecular flexibility index (Phi) is 7.24. The molecule has 2 fully saturated rings. The Labute approximate surface area is 207 Å². The minimum absolute atomic E-state index is 0.0308. The number of ether oxygens (including phenoxy) is 2. The predicted molar refractivity (Wildman–Crippen MR) is 114 cm³/mol. The molecule has 0 radical (unpaired) electrons. The van der Waals surface area contributed by atoms with Crippen molar-refractivity contribution in [2.75, 3.05) is 6.54 Å². The van der Waals surface area contributed by atoms with E-state index in [4.69, 9.17) is 9.47 Å². The van der Waals surface area contributed by atoms with E-state index in [0.29, 0.717) is 17.7 Å². The molecule has 0 aliphatic carbocycles. The molecule has 2 aromatic rings. The van der Waals surface area contributed by atoms with Gasteiger partial charge in [0.1, 0.15) is 11.9 Å². The van der Waals surface area contributed by atoms with Crippen LogP contribution in [0.2, 0.25) is 0 Å². The number of hydrogen-bond acceptors (Lipinski definition) is 4. The summed E-state index contributed by atoms with van der Waals surface area (Å²) in [5, 5.41) is 0. The van der Waals surface area contributed by atoms with Crippen molar-refractivity contribution in [1.29, 1.82) is 0 Å². The number of fused-ring (bicyclic) bond motifs is 1. The van der Waals surface area contributed by atoms with Gasteiger partial charge >= 0.3 is 18.3 Å². The molecule has 0 saturated carbocycles. The number of halogens is 7. The Hall–Kier alpha value is -3.15. The van der Waals surface area contributed by atoms with Gasteiger partial charge in [0.25, 0.3) is 0 Å². The molecule has 4 rings (SSSR count). The van der Waals surface area contributed by atoms with Crippen LogP contribution >= 0.6 is 0 Å². The second-order valence-electron chi connectivity index (χ2n) is 9.06. The number of esters is 1. The van der Waals surface area contributed by atoms with Gasteiger partial charge < -0.3 is 14.4 Å². The van der Waals surface area contributed by atoms with E-state index in [1.54, 1.807) is 0 Å². The maximum atomic E-state index is 13.6. The van der Waals surface area contributed by atoms with Crippen LogP contribution in [-0.2, 0) is 38.0 Å². The third-order valence-electron chi connectivity index (χ3n) is 6.53. The highest BCUT2D eigenvalue weighted by Crippen LogP contribution is 2.43. The molecule has 4 unspecified atom stereocenters. The summed E-state index contributed by atoms with van der Waals surface area (Å²) < 4.78 is 104. The minimum Gasteiger partial charge on any atom is -0.460 e. The van der Waals surface area contributed by atoms with Crippen LogP contribution in [0, 0.1) is 5.82 Å². The third kappa shape index (κ3) is 5.89. The van der Waals surface area contributed by atoms with E-state index in [-0.39, 0.29) is 36.9 Å². The normalized spacial score (nSPS) is 24.2. The fourth-order valence-electron chi connectivity index (χ4n) is 5.02. The van der Waals surface area contributed by atoms with Gasteiger partial charge in [0.05, 0.1) is 29.9 Å². The average Bonchev–Trinajstić information content (AvgIpc) is 3.19. The number of alkyl halides is 6. The number of piperidine rings is 1. The van der Waals surface area contributed by atoms with Crippen LogP contribution in [0.3, 0.4) is 0 Å². The van der Waals surface area contributed by atoms with Gasteiger partial charge in [-0.1, -0.05) is 12.1 Å². The van der Waals surface area contributed by atoms with Crippen LogP contribution < -0.4 is 0 Å². The summed E-state index contributed by atoms with van der Waals surface area (Å²) in [5.41, 5.74) is -2.77. The van der Waals surface area contributed by atoms with Crippen molar-refractivity contribution in [1.82, 2.24) is 4.90 Å². The first-order chi connectivity index (χ1) is 17.2. The second kappa shape index (κ2) is 9.96. The molecular formula is C25H22F7NO4. The fraction of sp³-hybridized carbons (Fsp3) is 0.440. The number of benzene rings is 2. The maximum absolute atomic E-state index is 13.6. The first-order valence-corrected chi connectivity index (χ1v) is 11.4. The maximum Gasteiger partial charge on any atom is 0.416 e. The molecule has 0 spiro atoms. The SMILES string of the molecule is CC(=O)OC1CCC(=O)N2CC(OCc3cc(C(F)(F)F)cc(C(F)(F)F)c3)C(c3ccc(F)cc3)C12. The van der Waals surface area contributed by atoms with Crippen LogP contribution in [0.4, 0.5) is 30.7 Å². The highest BCUT2D eigenvalue weighted by molar-refractivity contribution is 5.79. The Morgan fingerprint density at radius 1 is 0.973 bits per heavy atom. The van der Waals surface area contributed by atoms with E-state index in [1.807, 2.05) is 0 Å². The molecule has 2 heterocycles. The van der Waals surface area contributed by atoms with Crippen molar-refractivity contribution in [2.24, 2.45) is 0 Å². The lowest BCUT2D eigenvalue weighted by Gasteiger charge is -2.38. The average molecular weight is 533 g/mol. The summed E-state index contributed by atoms with van der Waals surface area (Å²) in [4.78, 5) is 25.8. The quantitative estimate of drug-likeness (QED) is 0.378. The summed E-state index contributed by atoms with van der Waals surface area (Å²) in [6.07, 6.45) is -11.3. The van der Waals surface area contributed by atoms with Crippen LogP contribution in [0.5, 0.6) is 0 Å². The molecule has 200 valence electrons. The number of amides is 1. The molecule has 2 saturated heterocycles. The lowest BCUT2D eigenvalue weighted by atomic mass is 9.84. The molecule has 12 heteroatoms. The standard InChI is InChI=1S/C25H22F7NO4/c1-13(34)37-19-6-7-21(35)33-11-20(22(23(19)33)15-2-4-18(26)5-3-15)36-12-14-8-16(24(27,28)29)10-17(9-14)25(30,31)32/h2-5,8-10,19-20,22-23H,6-7,11-12H2,1H3. The van der Waals surface area contributed by atoms with E-state index >= 15 is 0 Å². The van der Waals surface area contributed by atoms with Crippen LogP contribution in [0.15, 0.2) is 42.5 Å². The van der Waals surface area contributed by atoms with Gasteiger partial charge in [-0.3, -0.25) is 9.59 Å². The van der Waals surface area contributed by atoms with Crippen LogP contribution in [0.25, 0.3) is 0 Å². The van der Waals surface area contributed by atoms with Gasteiger partial charge in [-0.05, 0) is 47.9 Å². The largest absolute Gasteiger partial charge is 0.460 e. The molecule has 2 aromatic carbocycles. The Morgan fingerprint density at radius 3 is 2.11 bits per heavy atom. The number of rotatable bonds is 5. The van der Waals surface area contributed by atoms with Crippen LogP contribution in [-0.4, -0.2) is 41.6 Å². The Balaban J connectivity index is 1.67. The Bertz CT molecular complexity index is 1130. The van der Waals surface area contributed by atoms with E-state index in [0.717, 1.165) is 0 Å². The molecule has 0 N–H and O–H groups in total. The summed E-state index contributed by atoms with van der Waals surface area (Å²) in [6.45, 7) is 0.569. The van der Waals surface area contributed by atoms with E-state index in [9.17, 15) is 40.3 Å². The van der Waals surface area contributed by atoms with Crippen molar-refractivity contribution in [3.63, 3.8) is 0 Å². The lowest BCUT2D eigenvalue weighted by molar-refractivity contribution is -0.158. The molecular weight excluding hydrogens is 511 g/mol. The number of carbonyl (C=O) groups is 2. The first-order valence-electron chi connectivity index (χ1n) is 11.4. The third-order valence-corrected chi connectivity index (χ3v) is 6.53. The van der Waals surface area contributed by atoms with Crippen molar-refractivity contribution in [3.8, 4) is 0 Å². The van der Waals surface area contributed by atoms with Gasteiger partial charge in [-0.15, -0.1) is 0 Å². The zero-order valence-electron chi connectivity index (χ0n) is 19.4. The number of hydrogen-bond donors (Lipinski definition) is 0. The zero-order valence-corrected chi connectivity index (χ0v) is 19.4. The molecule has 2 aliphatic rings. The van der Waals surface area contributed by atoms with Crippen molar-refractivity contribution >= 4 is 11.9 Å². The monoisotopic (exact) mass is 533 g/mol. The van der Waals surface area contributed by atoms with Gasteiger partial charge in [0.2, 0.25) is 5.91 Å². The zero-order chi connectivity index (χ0) is 27.1. The van der Waals surface area contributed by atoms with Gasteiger partial charge in [0.15, 0.2) is 0 Å². The van der Waals surface area contributed by atoms with Crippen molar-refractivity contribution < 1.29 is 49.8 Å². The van der Waals surface area contributed by atoms with E-state index < -0.39 is 66.0 Å². The predicted octanol–water partition coefficient (Wildman–Crippen LogP) is 5.47. The summed E-state index contributed by atoms with van der Waals surface area (Å²) in [7, 11) is 0. The molecule has 1 amide bonds. The number of nitrogens with zero attached hydrogens (tertiary/aromatic N) is 1. The Morgan fingerprint density at radius 2 is 1.57 bits per heavy atom. The minimum atomic E-state index is -5.01. The molecule has 0 aromatic heterocycles. The van der Waals surface area contributed by atoms with Gasteiger partial charge in [-0.2, -0.15) is 26.3 Å². The highest BCUT2D eigenvalue weighted by Gasteiger charge is 2.52. The topological polar surface area (TPSA) is 55.8 Å². The van der Waals surface area contributed by atoms with Crippen LogP contribution in [0.1, 0.15) is 47.9 Å². The summed E-state index contributed by atoms with van der Waals surface area (Å²) in [6, 6.07) is 5.77. The fourth-order valence-corrected chi connectivity index (χ4v) is 5.02. The van der Waals surface area contributed by atoms with Gasteiger partial charge in [-0.25, -0.2) is 4.39 Å². The number of carbonyl (C=O) groups excluding carboxylic acids is 2. The summed E-state index contributed by atoms with van der Waals surface area (Å²) in [5.74, 6) is -2.05. The lowest BCUT2D eigenvalue weighted by Crippen LogP contribution is -2.50. The molecule has 5 nitrogen and oxygen atoms in total. The van der Waals surface area contributed by atoms with Crippen molar-refractivity contribution in [2.45, 2.75) is 62.9 Å². The highest BCUT2D eigenvalue weighted by atomic mass is 19.4. The van der Waals surface area contributed by atoms with Crippen molar-refractivity contribution in [3.05, 3.63) is 70.5 Å². The first kappa shape index (κ1) is 26.9. The van der Waals surface area contributed by atoms with E-state index in [1.165, 1.54) is 36.1 Å².